The van der Waals surface area contributed by atoms with Crippen LogP contribution in [0.5, 0.6) is 0 Å². The van der Waals surface area contributed by atoms with Gasteiger partial charge >= 0.3 is 0 Å². The van der Waals surface area contributed by atoms with Crippen LogP contribution in [0, 0.1) is 11.7 Å². The predicted octanol–water partition coefficient (Wildman–Crippen LogP) is 1.82. The topological polar surface area (TPSA) is 32.3 Å². The minimum Gasteiger partial charge on any atom is -0.340 e. The summed E-state index contributed by atoms with van der Waals surface area (Å²) in [5, 5.41) is 3.31. The molecule has 1 N–H and O–H groups in total. The van der Waals surface area contributed by atoms with Gasteiger partial charge in [-0.1, -0.05) is 25.1 Å². The molecule has 1 heterocycles. The summed E-state index contributed by atoms with van der Waals surface area (Å²) in [5.41, 5.74) is 0.617. The highest BCUT2D eigenvalue weighted by Gasteiger charge is 2.25. The van der Waals surface area contributed by atoms with E-state index in [2.05, 4.69) is 12.2 Å². The van der Waals surface area contributed by atoms with Crippen molar-refractivity contribution in [3.63, 3.8) is 0 Å². The van der Waals surface area contributed by atoms with E-state index in [0.717, 1.165) is 19.6 Å². The molecular formula is C15H21FN2O. The molecule has 104 valence electrons. The Labute approximate surface area is 113 Å². The zero-order valence-corrected chi connectivity index (χ0v) is 11.5. The summed E-state index contributed by atoms with van der Waals surface area (Å²) in [7, 11) is 0. The number of nitrogens with one attached hydrogen (secondary N) is 1. The molecule has 19 heavy (non-hydrogen) atoms. The molecular weight excluding hydrogens is 243 g/mol. The van der Waals surface area contributed by atoms with Gasteiger partial charge in [-0.05, 0) is 25.0 Å². The van der Waals surface area contributed by atoms with E-state index in [1.54, 1.807) is 12.1 Å². The first-order valence-corrected chi connectivity index (χ1v) is 6.83. The first-order chi connectivity index (χ1) is 9.08. The van der Waals surface area contributed by atoms with E-state index in [1.165, 1.54) is 6.07 Å². The number of carbonyl (C=O) groups excluding carboxylic acids is 1. The van der Waals surface area contributed by atoms with Gasteiger partial charge in [0.05, 0.1) is 0 Å². The second kappa shape index (κ2) is 6.15. The Bertz CT molecular complexity index is 450. The SMILES string of the molecule is CC1CN(C(=O)C(C)Cc2ccccc2F)CCN1. The second-order valence-electron chi connectivity index (χ2n) is 5.34. The number of piperazine rings is 1. The van der Waals surface area contributed by atoms with Crippen LogP contribution in [0.15, 0.2) is 24.3 Å². The third-order valence-electron chi connectivity index (χ3n) is 3.59. The molecule has 3 nitrogen and oxygen atoms in total. The van der Waals surface area contributed by atoms with Crippen LogP contribution in [0.25, 0.3) is 0 Å². The van der Waals surface area contributed by atoms with Gasteiger partial charge < -0.3 is 10.2 Å². The Kier molecular flexibility index (Phi) is 4.53. The van der Waals surface area contributed by atoms with Crippen LogP contribution in [-0.2, 0) is 11.2 Å². The molecule has 2 rings (SSSR count). The molecule has 0 bridgehead atoms. The van der Waals surface area contributed by atoms with Crippen LogP contribution in [0.2, 0.25) is 0 Å². The minimum atomic E-state index is -0.226. The molecule has 1 aromatic rings. The Balaban J connectivity index is 1.97. The van der Waals surface area contributed by atoms with E-state index in [-0.39, 0.29) is 17.6 Å². The zero-order chi connectivity index (χ0) is 13.8. The number of amides is 1. The number of carbonyl (C=O) groups is 1. The maximum atomic E-state index is 13.6. The lowest BCUT2D eigenvalue weighted by Gasteiger charge is -2.33. The lowest BCUT2D eigenvalue weighted by molar-refractivity contribution is -0.136. The van der Waals surface area contributed by atoms with Gasteiger partial charge in [0, 0.05) is 31.6 Å². The largest absolute Gasteiger partial charge is 0.340 e. The van der Waals surface area contributed by atoms with Crippen molar-refractivity contribution in [2.75, 3.05) is 19.6 Å². The molecule has 0 saturated carbocycles. The molecule has 1 aliphatic rings. The Morgan fingerprint density at radius 2 is 2.26 bits per heavy atom. The Morgan fingerprint density at radius 3 is 2.95 bits per heavy atom. The maximum Gasteiger partial charge on any atom is 0.225 e. The van der Waals surface area contributed by atoms with Crippen LogP contribution in [-0.4, -0.2) is 36.5 Å². The molecule has 1 aliphatic heterocycles. The number of rotatable bonds is 3. The van der Waals surface area contributed by atoms with Gasteiger partial charge in [-0.3, -0.25) is 4.79 Å². The normalized spacial score (nSPS) is 21.2. The van der Waals surface area contributed by atoms with Crippen molar-refractivity contribution in [3.05, 3.63) is 35.6 Å². The van der Waals surface area contributed by atoms with E-state index in [0.29, 0.717) is 18.0 Å². The molecule has 2 atom stereocenters. The van der Waals surface area contributed by atoms with Crippen LogP contribution >= 0.6 is 0 Å². The van der Waals surface area contributed by atoms with Crippen LogP contribution in [0.4, 0.5) is 4.39 Å². The summed E-state index contributed by atoms with van der Waals surface area (Å²) in [5.74, 6) is -0.283. The van der Waals surface area contributed by atoms with Gasteiger partial charge in [-0.15, -0.1) is 0 Å². The van der Waals surface area contributed by atoms with Gasteiger partial charge in [-0.25, -0.2) is 4.39 Å². The molecule has 0 spiro atoms. The standard InChI is InChI=1S/C15H21FN2O/c1-11(9-13-5-3-4-6-14(13)16)15(19)18-8-7-17-12(2)10-18/h3-6,11-12,17H,7-10H2,1-2H3. The highest BCUT2D eigenvalue weighted by molar-refractivity contribution is 5.79. The smallest absolute Gasteiger partial charge is 0.225 e. The predicted molar refractivity (Wildman–Crippen MR) is 73.3 cm³/mol. The molecule has 1 saturated heterocycles. The van der Waals surface area contributed by atoms with E-state index < -0.39 is 0 Å². The van der Waals surface area contributed by atoms with Crippen LogP contribution < -0.4 is 5.32 Å². The summed E-state index contributed by atoms with van der Waals surface area (Å²) < 4.78 is 13.6. The zero-order valence-electron chi connectivity index (χ0n) is 11.5. The van der Waals surface area contributed by atoms with E-state index >= 15 is 0 Å². The number of nitrogens with zero attached hydrogens (tertiary/aromatic N) is 1. The van der Waals surface area contributed by atoms with E-state index in [1.807, 2.05) is 17.9 Å². The van der Waals surface area contributed by atoms with Gasteiger partial charge in [0.2, 0.25) is 5.91 Å². The number of benzene rings is 1. The van der Waals surface area contributed by atoms with Crippen molar-refractivity contribution in [2.24, 2.45) is 5.92 Å². The molecule has 2 unspecified atom stereocenters. The summed E-state index contributed by atoms with van der Waals surface area (Å²) >= 11 is 0. The van der Waals surface area contributed by atoms with E-state index in [9.17, 15) is 9.18 Å². The van der Waals surface area contributed by atoms with Crippen LogP contribution in [0.3, 0.4) is 0 Å². The molecule has 1 aromatic carbocycles. The van der Waals surface area contributed by atoms with Crippen molar-refractivity contribution in [3.8, 4) is 0 Å². The van der Waals surface area contributed by atoms with Gasteiger partial charge in [0.15, 0.2) is 0 Å². The highest BCUT2D eigenvalue weighted by Crippen LogP contribution is 2.15. The lowest BCUT2D eigenvalue weighted by Crippen LogP contribution is -2.52. The number of hydrogen-bond acceptors (Lipinski definition) is 2. The summed E-state index contributed by atoms with van der Waals surface area (Å²) in [6.45, 7) is 6.26. The van der Waals surface area contributed by atoms with Crippen molar-refractivity contribution in [2.45, 2.75) is 26.3 Å². The molecule has 0 aromatic heterocycles. The second-order valence-corrected chi connectivity index (χ2v) is 5.34. The quantitative estimate of drug-likeness (QED) is 0.903. The third-order valence-corrected chi connectivity index (χ3v) is 3.59. The van der Waals surface area contributed by atoms with Gasteiger partial charge in [0.25, 0.3) is 0 Å². The van der Waals surface area contributed by atoms with Crippen molar-refractivity contribution in [1.29, 1.82) is 0 Å². The van der Waals surface area contributed by atoms with Crippen LogP contribution in [0.1, 0.15) is 19.4 Å². The minimum absolute atomic E-state index is 0.122. The van der Waals surface area contributed by atoms with Crippen molar-refractivity contribution in [1.82, 2.24) is 10.2 Å². The lowest BCUT2D eigenvalue weighted by atomic mass is 9.99. The fourth-order valence-corrected chi connectivity index (χ4v) is 2.53. The van der Waals surface area contributed by atoms with Crippen molar-refractivity contribution >= 4 is 5.91 Å². The third kappa shape index (κ3) is 3.53. The fourth-order valence-electron chi connectivity index (χ4n) is 2.53. The average molecular weight is 264 g/mol. The van der Waals surface area contributed by atoms with Gasteiger partial charge in [-0.2, -0.15) is 0 Å². The molecule has 0 aliphatic carbocycles. The molecule has 0 radical (unpaired) electrons. The highest BCUT2D eigenvalue weighted by atomic mass is 19.1. The maximum absolute atomic E-state index is 13.6. The molecule has 1 fully saturated rings. The average Bonchev–Trinajstić information content (AvgIpc) is 2.40. The van der Waals surface area contributed by atoms with E-state index in [4.69, 9.17) is 0 Å². The summed E-state index contributed by atoms with van der Waals surface area (Å²) in [6, 6.07) is 7.00. The molecule has 1 amide bonds. The fraction of sp³-hybridized carbons (Fsp3) is 0.533. The van der Waals surface area contributed by atoms with Gasteiger partial charge in [0.1, 0.15) is 5.82 Å². The monoisotopic (exact) mass is 264 g/mol. The Hall–Kier alpha value is -1.42. The van der Waals surface area contributed by atoms with Crippen molar-refractivity contribution < 1.29 is 9.18 Å². The Morgan fingerprint density at radius 1 is 1.53 bits per heavy atom. The number of halogens is 1. The molecule has 4 heteroatoms. The number of hydrogen-bond donors (Lipinski definition) is 1. The summed E-state index contributed by atoms with van der Waals surface area (Å²) in [6.07, 6.45) is 0.462. The first-order valence-electron chi connectivity index (χ1n) is 6.83. The first kappa shape index (κ1) is 14.0. The summed E-state index contributed by atoms with van der Waals surface area (Å²) in [4.78, 5) is 14.2.